The van der Waals surface area contributed by atoms with Crippen LogP contribution in [0, 0.1) is 0 Å². The molecule has 2 aromatic heterocycles. The average Bonchev–Trinajstić information content (AvgIpc) is 3.78. The van der Waals surface area contributed by atoms with Gasteiger partial charge in [-0.3, -0.25) is 0 Å². The summed E-state index contributed by atoms with van der Waals surface area (Å²) in [5, 5.41) is 10.3. The number of anilines is 3. The number of hydrogen-bond acceptors (Lipinski definition) is 3. The Kier molecular flexibility index (Phi) is 6.97. The molecule has 1 nitrogen and oxygen atoms in total. The number of benzene rings is 9. The first-order chi connectivity index (χ1) is 26.2. The molecule has 0 N–H and O–H groups in total. The molecular weight excluding hydrogens is 679 g/mol. The minimum absolute atomic E-state index is 1.13. The summed E-state index contributed by atoms with van der Waals surface area (Å²) >= 11 is 3.74. The highest BCUT2D eigenvalue weighted by molar-refractivity contribution is 7.26. The maximum Gasteiger partial charge on any atom is 0.0554 e. The van der Waals surface area contributed by atoms with Crippen LogP contribution in [0.2, 0.25) is 0 Å². The molecule has 0 bridgehead atoms. The number of nitrogens with zero attached hydrogens (tertiary/aromatic N) is 1. The largest absolute Gasteiger partial charge is 0.310 e. The second-order valence-corrected chi connectivity index (χ2v) is 15.9. The van der Waals surface area contributed by atoms with Crippen molar-refractivity contribution < 1.29 is 0 Å². The second kappa shape index (κ2) is 12.2. The molecule has 11 aromatic rings. The van der Waals surface area contributed by atoms with Gasteiger partial charge < -0.3 is 4.90 Å². The molecule has 0 unspecified atom stereocenters. The highest BCUT2D eigenvalue weighted by Gasteiger charge is 2.19. The summed E-state index contributed by atoms with van der Waals surface area (Å²) in [6.07, 6.45) is 0. The van der Waals surface area contributed by atoms with Crippen LogP contribution in [0.3, 0.4) is 0 Å². The van der Waals surface area contributed by atoms with Crippen molar-refractivity contribution in [3.05, 3.63) is 188 Å². The minimum atomic E-state index is 1.13. The van der Waals surface area contributed by atoms with Crippen LogP contribution >= 0.6 is 22.7 Å². The Morgan fingerprint density at radius 3 is 1.74 bits per heavy atom. The van der Waals surface area contributed by atoms with Gasteiger partial charge in [-0.15, -0.1) is 22.7 Å². The van der Waals surface area contributed by atoms with Crippen LogP contribution in [0.15, 0.2) is 188 Å². The first kappa shape index (κ1) is 30.4. The summed E-state index contributed by atoms with van der Waals surface area (Å²) in [4.78, 5) is 2.43. The van der Waals surface area contributed by atoms with Crippen molar-refractivity contribution in [3.63, 3.8) is 0 Å². The van der Waals surface area contributed by atoms with E-state index in [4.69, 9.17) is 0 Å². The molecule has 0 radical (unpaired) electrons. The third-order valence-electron chi connectivity index (χ3n) is 10.6. The zero-order valence-electron chi connectivity index (χ0n) is 28.7. The van der Waals surface area contributed by atoms with Crippen molar-refractivity contribution in [2.24, 2.45) is 0 Å². The van der Waals surface area contributed by atoms with Gasteiger partial charge in [-0.05, 0) is 111 Å². The zero-order chi connectivity index (χ0) is 34.9. The zero-order valence-corrected chi connectivity index (χ0v) is 30.3. The van der Waals surface area contributed by atoms with E-state index >= 15 is 0 Å². The Morgan fingerprint density at radius 1 is 0.321 bits per heavy atom. The van der Waals surface area contributed by atoms with Gasteiger partial charge in [0.25, 0.3) is 0 Å². The fourth-order valence-electron chi connectivity index (χ4n) is 8.09. The molecule has 0 fully saturated rings. The molecule has 0 aliphatic carbocycles. The summed E-state index contributed by atoms with van der Waals surface area (Å²) in [7, 11) is 0. The Balaban J connectivity index is 1.03. The number of hydrogen-bond donors (Lipinski definition) is 0. The molecule has 0 saturated carbocycles. The van der Waals surface area contributed by atoms with E-state index in [0.29, 0.717) is 0 Å². The van der Waals surface area contributed by atoms with E-state index in [-0.39, 0.29) is 0 Å². The third-order valence-corrected chi connectivity index (χ3v) is 12.9. The molecule has 9 aromatic carbocycles. The van der Waals surface area contributed by atoms with Crippen LogP contribution in [0.25, 0.3) is 84.1 Å². The normalized spacial score (nSPS) is 11.8. The SMILES string of the molecule is c1ccc2c(-c3ccc(N(c4ccc(-c5ccc6cc7sc8ccccc8c7cc6c5)cc4)c4cccc5sc6ccccc6c45)cc3)cccc2c1. The van der Waals surface area contributed by atoms with E-state index in [9.17, 15) is 0 Å². The van der Waals surface area contributed by atoms with Gasteiger partial charge in [0.15, 0.2) is 0 Å². The Labute approximate surface area is 315 Å². The minimum Gasteiger partial charge on any atom is -0.310 e. The van der Waals surface area contributed by atoms with Crippen molar-refractivity contribution in [3.8, 4) is 22.3 Å². The second-order valence-electron chi connectivity index (χ2n) is 13.7. The standard InChI is InChI=1S/C50H31NS2/c1-2-11-40-33(9-1)10-7-14-41(40)34-23-27-39(28-24-34)51(45-15-8-18-48-50(45)43-13-4-6-17-47(43)52-48)38-25-21-32(22-26-38)35-19-20-36-31-49-44(30-37(36)29-35)42-12-3-5-16-46(42)53-49/h1-31H. The summed E-state index contributed by atoms with van der Waals surface area (Å²) in [5.74, 6) is 0. The highest BCUT2D eigenvalue weighted by Crippen LogP contribution is 2.46. The van der Waals surface area contributed by atoms with Crippen LogP contribution in [0.1, 0.15) is 0 Å². The molecule has 248 valence electrons. The molecule has 0 aliphatic heterocycles. The Hall–Kier alpha value is -6.26. The number of rotatable bonds is 5. The third kappa shape index (κ3) is 5.04. The van der Waals surface area contributed by atoms with Crippen LogP contribution < -0.4 is 4.90 Å². The lowest BCUT2D eigenvalue weighted by molar-refractivity contribution is 1.30. The van der Waals surface area contributed by atoms with Crippen molar-refractivity contribution in [2.75, 3.05) is 4.90 Å². The summed E-state index contributed by atoms with van der Waals surface area (Å²) in [5.41, 5.74) is 8.33. The van der Waals surface area contributed by atoms with Gasteiger partial charge in [0, 0.05) is 51.7 Å². The first-order valence-corrected chi connectivity index (χ1v) is 19.6. The molecule has 11 rings (SSSR count). The molecule has 53 heavy (non-hydrogen) atoms. The van der Waals surface area contributed by atoms with E-state index < -0.39 is 0 Å². The Morgan fingerprint density at radius 2 is 0.925 bits per heavy atom. The monoisotopic (exact) mass is 709 g/mol. The molecule has 0 spiro atoms. The lowest BCUT2D eigenvalue weighted by Crippen LogP contribution is -2.10. The number of fused-ring (bicyclic) bond motifs is 8. The lowest BCUT2D eigenvalue weighted by atomic mass is 9.97. The van der Waals surface area contributed by atoms with Gasteiger partial charge in [0.1, 0.15) is 0 Å². The number of thiophene rings is 2. The first-order valence-electron chi connectivity index (χ1n) is 18.0. The van der Waals surface area contributed by atoms with E-state index in [2.05, 4.69) is 193 Å². The maximum atomic E-state index is 2.43. The van der Waals surface area contributed by atoms with Crippen molar-refractivity contribution >= 4 is 102 Å². The molecule has 0 aliphatic rings. The van der Waals surface area contributed by atoms with E-state index in [1.807, 2.05) is 22.7 Å². The van der Waals surface area contributed by atoms with Crippen LogP contribution in [-0.2, 0) is 0 Å². The van der Waals surface area contributed by atoms with Gasteiger partial charge in [-0.2, -0.15) is 0 Å². The predicted octanol–water partition coefficient (Wildman–Crippen LogP) is 15.5. The van der Waals surface area contributed by atoms with Gasteiger partial charge >= 0.3 is 0 Å². The summed E-state index contributed by atoms with van der Waals surface area (Å²) in [6.45, 7) is 0. The van der Waals surface area contributed by atoms with Gasteiger partial charge in [0.05, 0.1) is 5.69 Å². The fourth-order valence-corrected chi connectivity index (χ4v) is 10.4. The summed E-state index contributed by atoms with van der Waals surface area (Å²) < 4.78 is 5.28. The molecule has 3 heteroatoms. The molecule has 0 saturated heterocycles. The van der Waals surface area contributed by atoms with Gasteiger partial charge in [0.2, 0.25) is 0 Å². The van der Waals surface area contributed by atoms with Crippen LogP contribution in [-0.4, -0.2) is 0 Å². The molecule has 0 atom stereocenters. The van der Waals surface area contributed by atoms with Crippen molar-refractivity contribution in [1.82, 2.24) is 0 Å². The highest BCUT2D eigenvalue weighted by atomic mass is 32.1. The van der Waals surface area contributed by atoms with E-state index in [0.717, 1.165) is 11.4 Å². The maximum absolute atomic E-state index is 2.43. The lowest BCUT2D eigenvalue weighted by Gasteiger charge is -2.27. The topological polar surface area (TPSA) is 3.24 Å². The van der Waals surface area contributed by atoms with Gasteiger partial charge in [-0.1, -0.05) is 121 Å². The summed E-state index contributed by atoms with van der Waals surface area (Å²) in [6, 6.07) is 69.2. The molecule has 2 heterocycles. The molecular formula is C50H31NS2. The average molecular weight is 710 g/mol. The van der Waals surface area contributed by atoms with Crippen LogP contribution in [0.4, 0.5) is 17.1 Å². The van der Waals surface area contributed by atoms with Gasteiger partial charge in [-0.25, -0.2) is 0 Å². The van der Waals surface area contributed by atoms with Crippen molar-refractivity contribution in [1.29, 1.82) is 0 Å². The van der Waals surface area contributed by atoms with E-state index in [1.54, 1.807) is 0 Å². The quantitative estimate of drug-likeness (QED) is 0.172. The molecule has 0 amide bonds. The smallest absolute Gasteiger partial charge is 0.0554 e. The van der Waals surface area contributed by atoms with Crippen molar-refractivity contribution in [2.45, 2.75) is 0 Å². The Bertz CT molecular complexity index is 3160. The van der Waals surface area contributed by atoms with E-state index in [1.165, 1.54) is 89.8 Å². The van der Waals surface area contributed by atoms with Crippen LogP contribution in [0.5, 0.6) is 0 Å². The predicted molar refractivity (Wildman–Crippen MR) is 233 cm³/mol. The fraction of sp³-hybridized carbons (Fsp3) is 0.